The first kappa shape index (κ1) is 17.0. The van der Waals surface area contributed by atoms with Crippen molar-refractivity contribution in [1.82, 2.24) is 9.88 Å². The summed E-state index contributed by atoms with van der Waals surface area (Å²) in [7, 11) is 0. The van der Waals surface area contributed by atoms with E-state index in [-0.39, 0.29) is 18.1 Å². The van der Waals surface area contributed by atoms with Crippen molar-refractivity contribution in [2.24, 2.45) is 0 Å². The number of amides is 1. The number of ether oxygens (including phenoxy) is 2. The number of likely N-dealkylation sites (tertiary alicyclic amines) is 1. The molecule has 2 aliphatic rings. The minimum Gasteiger partial charge on any atom is -0.490 e. The van der Waals surface area contributed by atoms with Crippen LogP contribution in [0.3, 0.4) is 0 Å². The van der Waals surface area contributed by atoms with Crippen LogP contribution in [0.15, 0.2) is 42.6 Å². The Morgan fingerprint density at radius 3 is 2.88 bits per heavy atom. The molecule has 5 nitrogen and oxygen atoms in total. The van der Waals surface area contributed by atoms with Crippen molar-refractivity contribution in [3.8, 4) is 5.75 Å². The van der Waals surface area contributed by atoms with Gasteiger partial charge in [-0.1, -0.05) is 6.07 Å². The summed E-state index contributed by atoms with van der Waals surface area (Å²) in [5, 5.41) is 0. The first-order valence-corrected chi connectivity index (χ1v) is 9.29. The number of nitrogens with zero attached hydrogens (tertiary/aromatic N) is 2. The third-order valence-corrected chi connectivity index (χ3v) is 5.07. The van der Waals surface area contributed by atoms with E-state index in [1.165, 1.54) is 0 Å². The van der Waals surface area contributed by atoms with Crippen molar-refractivity contribution in [2.75, 3.05) is 13.1 Å². The van der Waals surface area contributed by atoms with Crippen LogP contribution in [0.25, 0.3) is 0 Å². The van der Waals surface area contributed by atoms with Crippen LogP contribution < -0.4 is 4.74 Å². The van der Waals surface area contributed by atoms with Crippen molar-refractivity contribution in [3.05, 3.63) is 59.4 Å². The fraction of sp³-hybridized carbons (Fsp3) is 0.429. The lowest BCUT2D eigenvalue weighted by Gasteiger charge is -2.32. The molecule has 1 fully saturated rings. The van der Waals surface area contributed by atoms with Gasteiger partial charge in [0.1, 0.15) is 11.9 Å². The molecule has 1 aromatic carbocycles. The number of pyridine rings is 1. The van der Waals surface area contributed by atoms with Gasteiger partial charge in [0.05, 0.1) is 18.4 Å². The number of hydrogen-bond acceptors (Lipinski definition) is 4. The molecule has 2 aromatic rings. The lowest BCUT2D eigenvalue weighted by Crippen LogP contribution is -2.40. The maximum atomic E-state index is 12.8. The SMILES string of the molecule is C[C@@H]1Cc2cc(C(=O)N3CCC(OCc4ccccn4)CC3)ccc2O1. The molecular weight excluding hydrogens is 328 g/mol. The summed E-state index contributed by atoms with van der Waals surface area (Å²) in [4.78, 5) is 19.0. The van der Waals surface area contributed by atoms with E-state index in [1.807, 2.05) is 41.3 Å². The highest BCUT2D eigenvalue weighted by atomic mass is 16.5. The predicted molar refractivity (Wildman–Crippen MR) is 98.2 cm³/mol. The molecule has 0 bridgehead atoms. The molecule has 5 heteroatoms. The number of hydrogen-bond donors (Lipinski definition) is 0. The maximum Gasteiger partial charge on any atom is 0.253 e. The van der Waals surface area contributed by atoms with Crippen LogP contribution in [0, 0.1) is 0 Å². The highest BCUT2D eigenvalue weighted by molar-refractivity contribution is 5.94. The summed E-state index contributed by atoms with van der Waals surface area (Å²) in [6.45, 7) is 4.05. The van der Waals surface area contributed by atoms with Crippen molar-refractivity contribution in [3.63, 3.8) is 0 Å². The van der Waals surface area contributed by atoms with Crippen LogP contribution in [0.5, 0.6) is 5.75 Å². The number of aromatic nitrogens is 1. The van der Waals surface area contributed by atoms with Crippen molar-refractivity contribution >= 4 is 5.91 Å². The van der Waals surface area contributed by atoms with Gasteiger partial charge < -0.3 is 14.4 Å². The topological polar surface area (TPSA) is 51.7 Å². The van der Waals surface area contributed by atoms with Gasteiger partial charge in [-0.05, 0) is 55.7 Å². The van der Waals surface area contributed by atoms with Gasteiger partial charge in [0.15, 0.2) is 0 Å². The zero-order chi connectivity index (χ0) is 17.9. The Morgan fingerprint density at radius 1 is 1.27 bits per heavy atom. The van der Waals surface area contributed by atoms with Crippen molar-refractivity contribution in [2.45, 2.75) is 45.0 Å². The summed E-state index contributed by atoms with van der Waals surface area (Å²) in [5.74, 6) is 1.02. The zero-order valence-corrected chi connectivity index (χ0v) is 15.1. The van der Waals surface area contributed by atoms with Crippen LogP contribution in [-0.4, -0.2) is 41.1 Å². The van der Waals surface area contributed by atoms with Gasteiger partial charge in [0, 0.05) is 31.3 Å². The van der Waals surface area contributed by atoms with Gasteiger partial charge in [-0.3, -0.25) is 9.78 Å². The number of fused-ring (bicyclic) bond motifs is 1. The second-order valence-electron chi connectivity index (χ2n) is 7.08. The van der Waals surface area contributed by atoms with Gasteiger partial charge in [-0.15, -0.1) is 0 Å². The molecule has 1 amide bonds. The van der Waals surface area contributed by atoms with Crippen LogP contribution in [0.1, 0.15) is 41.4 Å². The standard InChI is InChI=1S/C21H24N2O3/c1-15-12-17-13-16(5-6-20(17)26-15)21(24)23-10-7-19(8-11-23)25-14-18-4-2-3-9-22-18/h2-6,9,13,15,19H,7-8,10-12,14H2,1H3/t15-/m1/s1. The molecule has 0 aliphatic carbocycles. The molecule has 136 valence electrons. The molecule has 26 heavy (non-hydrogen) atoms. The average molecular weight is 352 g/mol. The molecule has 4 rings (SSSR count). The van der Waals surface area contributed by atoms with E-state index in [4.69, 9.17) is 9.47 Å². The normalized spacial score (nSPS) is 19.9. The molecule has 1 saturated heterocycles. The van der Waals surface area contributed by atoms with Gasteiger partial charge in [0.25, 0.3) is 5.91 Å². The van der Waals surface area contributed by atoms with E-state index in [2.05, 4.69) is 11.9 Å². The Kier molecular flexibility index (Phi) is 4.89. The fourth-order valence-corrected chi connectivity index (χ4v) is 3.65. The van der Waals surface area contributed by atoms with E-state index >= 15 is 0 Å². The summed E-state index contributed by atoms with van der Waals surface area (Å²) in [5.41, 5.74) is 2.84. The minimum absolute atomic E-state index is 0.107. The number of piperidine rings is 1. The van der Waals surface area contributed by atoms with E-state index in [9.17, 15) is 4.79 Å². The number of benzene rings is 1. The van der Waals surface area contributed by atoms with Crippen molar-refractivity contribution < 1.29 is 14.3 Å². The summed E-state index contributed by atoms with van der Waals surface area (Å²) >= 11 is 0. The average Bonchev–Trinajstić information content (AvgIpc) is 3.06. The van der Waals surface area contributed by atoms with Gasteiger partial charge in [-0.2, -0.15) is 0 Å². The van der Waals surface area contributed by atoms with Crippen LogP contribution in [0.2, 0.25) is 0 Å². The molecule has 1 aromatic heterocycles. The van der Waals surface area contributed by atoms with Gasteiger partial charge in [0.2, 0.25) is 0 Å². The van der Waals surface area contributed by atoms with E-state index in [0.717, 1.165) is 54.9 Å². The third-order valence-electron chi connectivity index (χ3n) is 5.07. The molecule has 0 spiro atoms. The Bertz CT molecular complexity index is 770. The monoisotopic (exact) mass is 352 g/mol. The van der Waals surface area contributed by atoms with Gasteiger partial charge >= 0.3 is 0 Å². The Balaban J connectivity index is 1.30. The molecule has 0 unspecified atom stereocenters. The highest BCUT2D eigenvalue weighted by Gasteiger charge is 2.26. The summed E-state index contributed by atoms with van der Waals surface area (Å²) in [6.07, 6.45) is 4.77. The molecule has 0 radical (unpaired) electrons. The maximum absolute atomic E-state index is 12.8. The lowest BCUT2D eigenvalue weighted by molar-refractivity contribution is -0.00161. The van der Waals surface area contributed by atoms with Crippen LogP contribution in [-0.2, 0) is 17.8 Å². The van der Waals surface area contributed by atoms with Crippen molar-refractivity contribution in [1.29, 1.82) is 0 Å². The zero-order valence-electron chi connectivity index (χ0n) is 15.1. The van der Waals surface area contributed by atoms with Crippen LogP contribution in [0.4, 0.5) is 0 Å². The second-order valence-corrected chi connectivity index (χ2v) is 7.08. The summed E-state index contributed by atoms with van der Waals surface area (Å²) < 4.78 is 11.7. The number of carbonyl (C=O) groups excluding carboxylic acids is 1. The predicted octanol–water partition coefficient (Wildman–Crippen LogP) is 3.23. The largest absolute Gasteiger partial charge is 0.490 e. The number of rotatable bonds is 4. The third kappa shape index (κ3) is 3.73. The quantitative estimate of drug-likeness (QED) is 0.848. The Labute approximate surface area is 153 Å². The molecule has 0 saturated carbocycles. The molecule has 1 atom stereocenters. The molecule has 2 aliphatic heterocycles. The smallest absolute Gasteiger partial charge is 0.253 e. The summed E-state index contributed by atoms with van der Waals surface area (Å²) in [6, 6.07) is 11.6. The Morgan fingerprint density at radius 2 is 2.12 bits per heavy atom. The second kappa shape index (κ2) is 7.46. The molecule has 0 N–H and O–H groups in total. The fourth-order valence-electron chi connectivity index (χ4n) is 3.65. The van der Waals surface area contributed by atoms with Crippen LogP contribution >= 0.6 is 0 Å². The van der Waals surface area contributed by atoms with E-state index in [0.29, 0.717) is 6.61 Å². The minimum atomic E-state index is 0.107. The first-order chi connectivity index (χ1) is 12.7. The van der Waals surface area contributed by atoms with E-state index < -0.39 is 0 Å². The molecular formula is C21H24N2O3. The highest BCUT2D eigenvalue weighted by Crippen LogP contribution is 2.30. The first-order valence-electron chi connectivity index (χ1n) is 9.29. The number of carbonyl (C=O) groups is 1. The lowest BCUT2D eigenvalue weighted by atomic mass is 10.0. The van der Waals surface area contributed by atoms with E-state index in [1.54, 1.807) is 6.20 Å². The molecule has 3 heterocycles. The van der Waals surface area contributed by atoms with Gasteiger partial charge in [-0.25, -0.2) is 0 Å². The Hall–Kier alpha value is -2.40.